The summed E-state index contributed by atoms with van der Waals surface area (Å²) in [5.41, 5.74) is 7.55. The maximum absolute atomic E-state index is 11.3. The highest BCUT2D eigenvalue weighted by molar-refractivity contribution is 5.77. The van der Waals surface area contributed by atoms with Gasteiger partial charge in [0.2, 0.25) is 0 Å². The van der Waals surface area contributed by atoms with Gasteiger partial charge in [0.25, 0.3) is 0 Å². The Bertz CT molecular complexity index is 552. The van der Waals surface area contributed by atoms with Gasteiger partial charge in [-0.3, -0.25) is 4.79 Å². The molecular formula is C16H17NO3. The summed E-state index contributed by atoms with van der Waals surface area (Å²) < 4.78 is 10.3. The first-order valence-corrected chi connectivity index (χ1v) is 6.31. The summed E-state index contributed by atoms with van der Waals surface area (Å²) in [4.78, 5) is 11.3. The van der Waals surface area contributed by atoms with E-state index in [4.69, 9.17) is 10.5 Å². The molecule has 2 rings (SSSR count). The molecule has 0 fully saturated rings. The third-order valence-corrected chi connectivity index (χ3v) is 2.94. The van der Waals surface area contributed by atoms with E-state index in [9.17, 15) is 4.79 Å². The lowest BCUT2D eigenvalue weighted by atomic mass is 10.1. The van der Waals surface area contributed by atoms with Crippen molar-refractivity contribution in [2.45, 2.75) is 12.6 Å². The van der Waals surface area contributed by atoms with E-state index >= 15 is 0 Å². The third kappa shape index (κ3) is 3.59. The molecule has 1 unspecified atom stereocenters. The molecule has 0 spiro atoms. The molecule has 2 N–H and O–H groups in total. The van der Waals surface area contributed by atoms with Gasteiger partial charge in [0.1, 0.15) is 18.4 Å². The number of ether oxygens (including phenoxy) is 2. The molecule has 104 valence electrons. The molecule has 2 aromatic rings. The Balaban J connectivity index is 1.96. The van der Waals surface area contributed by atoms with Crippen LogP contribution < -0.4 is 10.5 Å². The van der Waals surface area contributed by atoms with Crippen LogP contribution in [0.5, 0.6) is 5.75 Å². The van der Waals surface area contributed by atoms with Crippen LogP contribution in [0.3, 0.4) is 0 Å². The smallest absolute Gasteiger partial charge is 0.327 e. The van der Waals surface area contributed by atoms with E-state index in [2.05, 4.69) is 4.74 Å². The average Bonchev–Trinajstić information content (AvgIpc) is 2.53. The Morgan fingerprint density at radius 2 is 1.75 bits per heavy atom. The van der Waals surface area contributed by atoms with E-state index in [1.54, 1.807) is 24.3 Å². The van der Waals surface area contributed by atoms with Crippen LogP contribution in [0.4, 0.5) is 0 Å². The molecule has 0 saturated carbocycles. The van der Waals surface area contributed by atoms with Crippen LogP contribution >= 0.6 is 0 Å². The largest absolute Gasteiger partial charge is 0.489 e. The maximum atomic E-state index is 11.3. The number of carbonyl (C=O) groups is 1. The molecule has 0 bridgehead atoms. The normalized spacial score (nSPS) is 11.7. The van der Waals surface area contributed by atoms with Crippen molar-refractivity contribution in [3.8, 4) is 5.75 Å². The predicted octanol–water partition coefficient (Wildman–Crippen LogP) is 2.44. The topological polar surface area (TPSA) is 61.5 Å². The van der Waals surface area contributed by atoms with E-state index in [1.165, 1.54) is 7.11 Å². The number of nitrogens with two attached hydrogens (primary N) is 1. The number of esters is 1. The Kier molecular flexibility index (Phi) is 4.74. The molecule has 0 saturated heterocycles. The third-order valence-electron chi connectivity index (χ3n) is 2.94. The van der Waals surface area contributed by atoms with Crippen molar-refractivity contribution in [1.29, 1.82) is 0 Å². The van der Waals surface area contributed by atoms with E-state index in [1.807, 2.05) is 30.3 Å². The SMILES string of the molecule is COC(=O)C(N)c1ccc(OCc2ccccc2)cc1. The van der Waals surface area contributed by atoms with Crippen molar-refractivity contribution in [3.05, 3.63) is 65.7 Å². The van der Waals surface area contributed by atoms with E-state index in [0.717, 1.165) is 11.3 Å². The monoisotopic (exact) mass is 271 g/mol. The fraction of sp³-hybridized carbons (Fsp3) is 0.188. The van der Waals surface area contributed by atoms with Gasteiger partial charge in [-0.1, -0.05) is 42.5 Å². The van der Waals surface area contributed by atoms with Gasteiger partial charge in [0.05, 0.1) is 7.11 Å². The molecule has 20 heavy (non-hydrogen) atoms. The molecule has 4 nitrogen and oxygen atoms in total. The van der Waals surface area contributed by atoms with Gasteiger partial charge in [-0.2, -0.15) is 0 Å². The number of rotatable bonds is 5. The van der Waals surface area contributed by atoms with E-state index in [0.29, 0.717) is 12.2 Å². The zero-order chi connectivity index (χ0) is 14.4. The highest BCUT2D eigenvalue weighted by Crippen LogP contribution is 2.18. The summed E-state index contributed by atoms with van der Waals surface area (Å²) >= 11 is 0. The molecule has 0 aliphatic carbocycles. The van der Waals surface area contributed by atoms with Crippen molar-refractivity contribution in [3.63, 3.8) is 0 Å². The highest BCUT2D eigenvalue weighted by atomic mass is 16.5. The fourth-order valence-corrected chi connectivity index (χ4v) is 1.78. The van der Waals surface area contributed by atoms with Gasteiger partial charge in [0, 0.05) is 0 Å². The second kappa shape index (κ2) is 6.73. The van der Waals surface area contributed by atoms with Gasteiger partial charge in [-0.15, -0.1) is 0 Å². The summed E-state index contributed by atoms with van der Waals surface area (Å²) in [5, 5.41) is 0. The van der Waals surface area contributed by atoms with Gasteiger partial charge >= 0.3 is 5.97 Å². The van der Waals surface area contributed by atoms with E-state index in [-0.39, 0.29) is 0 Å². The second-order valence-corrected chi connectivity index (χ2v) is 4.34. The summed E-state index contributed by atoms with van der Waals surface area (Å²) in [7, 11) is 1.32. The molecule has 0 aromatic heterocycles. The van der Waals surface area contributed by atoms with Gasteiger partial charge in [-0.05, 0) is 23.3 Å². The molecule has 0 amide bonds. The summed E-state index contributed by atoms with van der Waals surface area (Å²) in [6.45, 7) is 0.503. The molecule has 2 aromatic carbocycles. The van der Waals surface area contributed by atoms with Gasteiger partial charge < -0.3 is 15.2 Å². The van der Waals surface area contributed by atoms with Crippen LogP contribution in [0.2, 0.25) is 0 Å². The van der Waals surface area contributed by atoms with Crippen molar-refractivity contribution in [1.82, 2.24) is 0 Å². The number of hydrogen-bond donors (Lipinski definition) is 1. The maximum Gasteiger partial charge on any atom is 0.327 e. The number of benzene rings is 2. The minimum atomic E-state index is -0.761. The predicted molar refractivity (Wildman–Crippen MR) is 76.2 cm³/mol. The Morgan fingerprint density at radius 1 is 1.10 bits per heavy atom. The van der Waals surface area contributed by atoms with Crippen LogP contribution in [-0.2, 0) is 16.1 Å². The fourth-order valence-electron chi connectivity index (χ4n) is 1.78. The summed E-state index contributed by atoms with van der Waals surface area (Å²) in [6.07, 6.45) is 0. The standard InChI is InChI=1S/C16H17NO3/c1-19-16(18)15(17)13-7-9-14(10-8-13)20-11-12-5-3-2-4-6-12/h2-10,15H,11,17H2,1H3. The van der Waals surface area contributed by atoms with Crippen molar-refractivity contribution >= 4 is 5.97 Å². The summed E-state index contributed by atoms with van der Waals surface area (Å²) in [5.74, 6) is 0.276. The zero-order valence-electron chi connectivity index (χ0n) is 11.3. The van der Waals surface area contributed by atoms with Crippen molar-refractivity contribution in [2.24, 2.45) is 5.73 Å². The van der Waals surface area contributed by atoms with Crippen molar-refractivity contribution < 1.29 is 14.3 Å². The van der Waals surface area contributed by atoms with Crippen LogP contribution in [0, 0.1) is 0 Å². The Morgan fingerprint density at radius 3 is 2.35 bits per heavy atom. The number of carbonyl (C=O) groups excluding carboxylic acids is 1. The van der Waals surface area contributed by atoms with Crippen molar-refractivity contribution in [2.75, 3.05) is 7.11 Å². The molecule has 0 heterocycles. The van der Waals surface area contributed by atoms with E-state index < -0.39 is 12.0 Å². The first kappa shape index (κ1) is 14.1. The lowest BCUT2D eigenvalue weighted by molar-refractivity contribution is -0.142. The quantitative estimate of drug-likeness (QED) is 0.848. The number of methoxy groups -OCH3 is 1. The second-order valence-electron chi connectivity index (χ2n) is 4.34. The average molecular weight is 271 g/mol. The molecule has 4 heteroatoms. The summed E-state index contributed by atoms with van der Waals surface area (Å²) in [6, 6.07) is 16.3. The molecule has 0 aliphatic rings. The molecular weight excluding hydrogens is 254 g/mol. The van der Waals surface area contributed by atoms with Gasteiger partial charge in [-0.25, -0.2) is 0 Å². The lowest BCUT2D eigenvalue weighted by Gasteiger charge is -2.11. The lowest BCUT2D eigenvalue weighted by Crippen LogP contribution is -2.22. The molecule has 0 radical (unpaired) electrons. The first-order chi connectivity index (χ1) is 9.70. The van der Waals surface area contributed by atoms with Crippen LogP contribution in [0.25, 0.3) is 0 Å². The van der Waals surface area contributed by atoms with Crippen LogP contribution in [0.15, 0.2) is 54.6 Å². The minimum absolute atomic E-state index is 0.456. The zero-order valence-corrected chi connectivity index (χ0v) is 11.3. The first-order valence-electron chi connectivity index (χ1n) is 6.31. The van der Waals surface area contributed by atoms with Crippen LogP contribution in [0.1, 0.15) is 17.2 Å². The highest BCUT2D eigenvalue weighted by Gasteiger charge is 2.15. The Labute approximate surface area is 118 Å². The molecule has 0 aliphatic heterocycles. The van der Waals surface area contributed by atoms with Crippen LogP contribution in [-0.4, -0.2) is 13.1 Å². The van der Waals surface area contributed by atoms with Gasteiger partial charge in [0.15, 0.2) is 0 Å². The number of hydrogen-bond acceptors (Lipinski definition) is 4. The minimum Gasteiger partial charge on any atom is -0.489 e. The Hall–Kier alpha value is -2.33. The molecule has 1 atom stereocenters.